The summed E-state index contributed by atoms with van der Waals surface area (Å²) in [5.74, 6) is -4.85. The quantitative estimate of drug-likeness (QED) is 0.760. The first-order valence-electron chi connectivity index (χ1n) is 8.17. The van der Waals surface area contributed by atoms with E-state index < -0.39 is 41.8 Å². The molecule has 2 atom stereocenters. The van der Waals surface area contributed by atoms with Gasteiger partial charge in [-0.05, 0) is 18.2 Å². The van der Waals surface area contributed by atoms with Crippen LogP contribution in [0.4, 0.5) is 18.9 Å². The van der Waals surface area contributed by atoms with Crippen molar-refractivity contribution in [1.82, 2.24) is 14.7 Å². The molecule has 1 aliphatic rings. The van der Waals surface area contributed by atoms with E-state index in [1.165, 1.54) is 28.8 Å². The van der Waals surface area contributed by atoms with E-state index in [4.69, 9.17) is 11.6 Å². The van der Waals surface area contributed by atoms with Crippen molar-refractivity contribution < 1.29 is 27.5 Å². The van der Waals surface area contributed by atoms with Crippen molar-refractivity contribution in [3.63, 3.8) is 0 Å². The fraction of sp³-hybridized carbons (Fsp3) is 0.353. The number of ether oxygens (including phenoxy) is 1. The average molecular weight is 417 g/mol. The number of hydrogen-bond donors (Lipinski definition) is 1. The number of nitrogens with zero attached hydrogens (tertiary/aromatic N) is 3. The second-order valence-electron chi connectivity index (χ2n) is 6.30. The number of carbonyl (C=O) groups excluding carboxylic acids is 2. The maximum absolute atomic E-state index is 13.9. The Morgan fingerprint density at radius 1 is 1.39 bits per heavy atom. The van der Waals surface area contributed by atoms with Crippen LogP contribution in [0.3, 0.4) is 0 Å². The average Bonchev–Trinajstić information content (AvgIpc) is 3.09. The minimum Gasteiger partial charge on any atom is -0.429 e. The molecule has 0 aliphatic carbocycles. The van der Waals surface area contributed by atoms with Crippen LogP contribution in [0, 0.1) is 11.7 Å². The Morgan fingerprint density at radius 2 is 2.11 bits per heavy atom. The van der Waals surface area contributed by atoms with Crippen LogP contribution < -0.4 is 10.1 Å². The molecule has 2 heterocycles. The third-order valence-electron chi connectivity index (χ3n) is 4.50. The van der Waals surface area contributed by atoms with Crippen molar-refractivity contribution in [2.75, 3.05) is 18.9 Å². The van der Waals surface area contributed by atoms with E-state index in [2.05, 4.69) is 15.2 Å². The number of para-hydroxylation sites is 1. The molecule has 11 heteroatoms. The zero-order valence-corrected chi connectivity index (χ0v) is 15.6. The molecule has 1 N–H and O–H groups in total. The Balaban J connectivity index is 1.91. The number of rotatable bonds is 5. The van der Waals surface area contributed by atoms with Gasteiger partial charge in [-0.3, -0.25) is 14.3 Å². The van der Waals surface area contributed by atoms with E-state index in [9.17, 15) is 22.8 Å². The number of nitrogens with one attached hydrogen (secondary N) is 1. The Morgan fingerprint density at radius 3 is 2.71 bits per heavy atom. The van der Waals surface area contributed by atoms with E-state index in [1.54, 1.807) is 13.1 Å². The van der Waals surface area contributed by atoms with Crippen LogP contribution in [-0.2, 0) is 16.6 Å². The molecule has 0 radical (unpaired) electrons. The minimum absolute atomic E-state index is 0.205. The Bertz CT molecular complexity index is 921. The predicted octanol–water partition coefficient (Wildman–Crippen LogP) is 2.62. The van der Waals surface area contributed by atoms with Gasteiger partial charge in [0, 0.05) is 32.3 Å². The molecule has 2 amide bonds. The molecular formula is C17H16ClF3N4O3. The number of hydrogen-bond acceptors (Lipinski definition) is 4. The number of aromatic nitrogens is 2. The van der Waals surface area contributed by atoms with Gasteiger partial charge in [-0.25, -0.2) is 4.39 Å². The van der Waals surface area contributed by atoms with Gasteiger partial charge in [-0.15, -0.1) is 0 Å². The Labute approximate surface area is 163 Å². The van der Waals surface area contributed by atoms with Crippen LogP contribution in [0.1, 0.15) is 11.6 Å². The van der Waals surface area contributed by atoms with Crippen LogP contribution in [0.15, 0.2) is 24.3 Å². The van der Waals surface area contributed by atoms with Crippen LogP contribution in [-0.4, -0.2) is 46.7 Å². The fourth-order valence-electron chi connectivity index (χ4n) is 3.28. The lowest BCUT2D eigenvalue weighted by molar-refractivity contribution is -0.135. The number of benzene rings is 1. The summed E-state index contributed by atoms with van der Waals surface area (Å²) in [4.78, 5) is 26.8. The van der Waals surface area contributed by atoms with Gasteiger partial charge in [0.1, 0.15) is 5.92 Å². The SMILES string of the molecule is CN1C[C@H](c2cc(Cl)nn2C)[C@@H](C(=O)Nc2cccc(F)c2OC(F)F)C1=O. The van der Waals surface area contributed by atoms with E-state index in [0.29, 0.717) is 5.69 Å². The van der Waals surface area contributed by atoms with Crippen LogP contribution >= 0.6 is 11.6 Å². The van der Waals surface area contributed by atoms with Crippen molar-refractivity contribution in [3.05, 3.63) is 40.9 Å². The standard InChI is InChI=1S/C17H16ClF3N4O3/c1-24-7-8(11-6-12(18)23-25(11)2)13(16(24)27)15(26)22-10-5-3-4-9(19)14(10)28-17(20)21/h3-6,8,13,17H,7H2,1-2H3,(H,22,26)/t8-,13+/m1/s1. The number of halogens is 4. The number of carbonyl (C=O) groups is 2. The zero-order chi connectivity index (χ0) is 20.6. The molecule has 3 rings (SSSR count). The summed E-state index contributed by atoms with van der Waals surface area (Å²) in [5, 5.41) is 6.54. The number of anilines is 1. The smallest absolute Gasteiger partial charge is 0.387 e. The molecule has 0 unspecified atom stereocenters. The molecule has 1 aliphatic heterocycles. The monoisotopic (exact) mass is 416 g/mol. The topological polar surface area (TPSA) is 76.5 Å². The van der Waals surface area contributed by atoms with Crippen molar-refractivity contribution in [2.45, 2.75) is 12.5 Å². The molecule has 0 bridgehead atoms. The van der Waals surface area contributed by atoms with Gasteiger partial charge in [0.2, 0.25) is 11.8 Å². The van der Waals surface area contributed by atoms with Gasteiger partial charge < -0.3 is 15.0 Å². The van der Waals surface area contributed by atoms with Gasteiger partial charge in [0.15, 0.2) is 16.7 Å². The maximum Gasteiger partial charge on any atom is 0.387 e. The summed E-state index contributed by atoms with van der Waals surface area (Å²) in [6, 6.07) is 4.90. The van der Waals surface area contributed by atoms with Gasteiger partial charge >= 0.3 is 6.61 Å². The third-order valence-corrected chi connectivity index (χ3v) is 4.68. The number of amides is 2. The van der Waals surface area contributed by atoms with Crippen molar-refractivity contribution in [2.24, 2.45) is 13.0 Å². The van der Waals surface area contributed by atoms with Gasteiger partial charge in [-0.2, -0.15) is 13.9 Å². The highest BCUT2D eigenvalue weighted by Crippen LogP contribution is 2.36. The van der Waals surface area contributed by atoms with Crippen molar-refractivity contribution in [3.8, 4) is 5.75 Å². The van der Waals surface area contributed by atoms with E-state index in [1.807, 2.05) is 0 Å². The normalized spacial score (nSPS) is 19.4. The fourth-order valence-corrected chi connectivity index (χ4v) is 3.50. The van der Waals surface area contributed by atoms with Crippen LogP contribution in [0.2, 0.25) is 5.15 Å². The van der Waals surface area contributed by atoms with Crippen molar-refractivity contribution >= 4 is 29.1 Å². The second-order valence-corrected chi connectivity index (χ2v) is 6.69. The summed E-state index contributed by atoms with van der Waals surface area (Å²) in [6.45, 7) is -3.05. The summed E-state index contributed by atoms with van der Waals surface area (Å²) in [7, 11) is 3.16. The molecule has 1 aromatic heterocycles. The molecule has 0 spiro atoms. The lowest BCUT2D eigenvalue weighted by Crippen LogP contribution is -2.33. The van der Waals surface area contributed by atoms with Crippen LogP contribution in [0.25, 0.3) is 0 Å². The molecule has 0 saturated carbocycles. The molecule has 7 nitrogen and oxygen atoms in total. The molecule has 1 saturated heterocycles. The highest BCUT2D eigenvalue weighted by molar-refractivity contribution is 6.29. The molecule has 2 aromatic rings. The minimum atomic E-state index is -3.28. The highest BCUT2D eigenvalue weighted by atomic mass is 35.5. The van der Waals surface area contributed by atoms with E-state index in [-0.39, 0.29) is 17.4 Å². The van der Waals surface area contributed by atoms with Gasteiger partial charge in [0.05, 0.1) is 5.69 Å². The first kappa shape index (κ1) is 20.0. The number of likely N-dealkylation sites (N-methyl/N-ethyl adjacent to an activating group) is 1. The molecule has 150 valence electrons. The first-order valence-corrected chi connectivity index (χ1v) is 8.55. The van der Waals surface area contributed by atoms with Gasteiger partial charge in [-0.1, -0.05) is 17.7 Å². The lowest BCUT2D eigenvalue weighted by Gasteiger charge is -2.18. The number of alkyl halides is 2. The Kier molecular flexibility index (Phi) is 5.50. The van der Waals surface area contributed by atoms with Crippen LogP contribution in [0.5, 0.6) is 5.75 Å². The summed E-state index contributed by atoms with van der Waals surface area (Å²) >= 11 is 5.90. The number of aryl methyl sites for hydroxylation is 1. The highest BCUT2D eigenvalue weighted by Gasteiger charge is 2.45. The predicted molar refractivity (Wildman–Crippen MR) is 93.7 cm³/mol. The second kappa shape index (κ2) is 7.70. The maximum atomic E-state index is 13.9. The Hall–Kier alpha value is -2.75. The summed E-state index contributed by atoms with van der Waals surface area (Å²) < 4.78 is 44.7. The summed E-state index contributed by atoms with van der Waals surface area (Å²) in [5.41, 5.74) is 0.264. The molecule has 1 aromatic carbocycles. The molecule has 1 fully saturated rings. The van der Waals surface area contributed by atoms with Gasteiger partial charge in [0.25, 0.3) is 0 Å². The molecular weight excluding hydrogens is 401 g/mol. The lowest BCUT2D eigenvalue weighted by atomic mass is 9.91. The summed E-state index contributed by atoms with van der Waals surface area (Å²) in [6.07, 6.45) is 0. The largest absolute Gasteiger partial charge is 0.429 e. The van der Waals surface area contributed by atoms with E-state index >= 15 is 0 Å². The zero-order valence-electron chi connectivity index (χ0n) is 14.8. The molecule has 28 heavy (non-hydrogen) atoms. The third kappa shape index (κ3) is 3.77. The van der Waals surface area contributed by atoms with E-state index in [0.717, 1.165) is 6.07 Å². The number of likely N-dealkylation sites (tertiary alicyclic amines) is 1. The first-order chi connectivity index (χ1) is 13.2. The van der Waals surface area contributed by atoms with Crippen molar-refractivity contribution in [1.29, 1.82) is 0 Å².